The topological polar surface area (TPSA) is 41.6 Å². The number of hydrogen-bond donors (Lipinski definition) is 1. The lowest BCUT2D eigenvalue weighted by Crippen LogP contribution is -2.45. The second-order valence-electron chi connectivity index (χ2n) is 8.56. The average Bonchev–Trinajstić information content (AvgIpc) is 3.12. The van der Waals surface area contributed by atoms with Crippen LogP contribution >= 0.6 is 0 Å². The highest BCUT2D eigenvalue weighted by molar-refractivity contribution is 5.69. The lowest BCUT2D eigenvalue weighted by Gasteiger charge is -2.29. The van der Waals surface area contributed by atoms with E-state index in [1.54, 1.807) is 0 Å². The number of nitrogens with one attached hydrogen (secondary N) is 1. The molecule has 0 spiro atoms. The van der Waals surface area contributed by atoms with Crippen molar-refractivity contribution < 1.29 is 9.53 Å². The van der Waals surface area contributed by atoms with E-state index in [1.165, 1.54) is 25.7 Å². The highest BCUT2D eigenvalue weighted by atomic mass is 16.6. The zero-order chi connectivity index (χ0) is 15.7. The minimum Gasteiger partial charge on any atom is -0.444 e. The van der Waals surface area contributed by atoms with Crippen molar-refractivity contribution in [3.63, 3.8) is 0 Å². The first-order valence-corrected chi connectivity index (χ1v) is 9.13. The van der Waals surface area contributed by atoms with Gasteiger partial charge in [0, 0.05) is 19.1 Å². The van der Waals surface area contributed by atoms with Gasteiger partial charge < -0.3 is 15.0 Å². The summed E-state index contributed by atoms with van der Waals surface area (Å²) in [5.41, 5.74) is -0.402. The molecule has 22 heavy (non-hydrogen) atoms. The van der Waals surface area contributed by atoms with E-state index >= 15 is 0 Å². The molecule has 3 rings (SSSR count). The third kappa shape index (κ3) is 3.76. The van der Waals surface area contributed by atoms with E-state index in [2.05, 4.69) is 5.32 Å². The SMILES string of the molecule is CC(C)(C)OC(=O)N1CCCC1CNCC1CC2CCC1C2. The van der Waals surface area contributed by atoms with Crippen LogP contribution in [-0.4, -0.2) is 42.3 Å². The molecule has 126 valence electrons. The molecule has 0 aromatic carbocycles. The van der Waals surface area contributed by atoms with Gasteiger partial charge in [-0.3, -0.25) is 0 Å². The molecule has 1 N–H and O–H groups in total. The van der Waals surface area contributed by atoms with E-state index in [9.17, 15) is 4.79 Å². The van der Waals surface area contributed by atoms with Gasteiger partial charge in [-0.1, -0.05) is 6.42 Å². The summed E-state index contributed by atoms with van der Waals surface area (Å²) in [6.07, 6.45) is 7.87. The molecule has 2 saturated carbocycles. The second-order valence-corrected chi connectivity index (χ2v) is 8.56. The summed E-state index contributed by atoms with van der Waals surface area (Å²) in [5.74, 6) is 2.87. The minimum atomic E-state index is -0.402. The Balaban J connectivity index is 1.42. The fourth-order valence-corrected chi connectivity index (χ4v) is 4.67. The van der Waals surface area contributed by atoms with Crippen molar-refractivity contribution in [3.05, 3.63) is 0 Å². The molecule has 2 bridgehead atoms. The van der Waals surface area contributed by atoms with E-state index in [0.29, 0.717) is 6.04 Å². The number of ether oxygens (including phenoxy) is 1. The van der Waals surface area contributed by atoms with Crippen molar-refractivity contribution in [1.29, 1.82) is 0 Å². The fourth-order valence-electron chi connectivity index (χ4n) is 4.67. The molecule has 3 aliphatic rings. The highest BCUT2D eigenvalue weighted by Gasteiger charge is 2.39. The monoisotopic (exact) mass is 308 g/mol. The van der Waals surface area contributed by atoms with Gasteiger partial charge in [0.05, 0.1) is 0 Å². The highest BCUT2D eigenvalue weighted by Crippen LogP contribution is 2.47. The van der Waals surface area contributed by atoms with Crippen LogP contribution in [0.3, 0.4) is 0 Å². The Morgan fingerprint density at radius 3 is 2.64 bits per heavy atom. The fraction of sp³-hybridized carbons (Fsp3) is 0.944. The predicted molar refractivity (Wildman–Crippen MR) is 87.8 cm³/mol. The van der Waals surface area contributed by atoms with Gasteiger partial charge in [0.1, 0.15) is 5.60 Å². The number of likely N-dealkylation sites (tertiary alicyclic amines) is 1. The molecule has 0 radical (unpaired) electrons. The normalized spacial score (nSPS) is 34.4. The number of nitrogens with zero attached hydrogens (tertiary/aromatic N) is 1. The molecule has 0 aromatic heterocycles. The molecule has 0 aromatic rings. The van der Waals surface area contributed by atoms with Gasteiger partial charge in [0.15, 0.2) is 0 Å². The van der Waals surface area contributed by atoms with Gasteiger partial charge in [-0.2, -0.15) is 0 Å². The summed E-state index contributed by atoms with van der Waals surface area (Å²) in [7, 11) is 0. The Kier molecular flexibility index (Phi) is 4.67. The molecule has 4 unspecified atom stereocenters. The standard InChI is InChI=1S/C18H32N2O2/c1-18(2,3)22-17(21)20-8-4-5-16(20)12-19-11-15-10-13-6-7-14(15)9-13/h13-16,19H,4-12H2,1-3H3. The number of fused-ring (bicyclic) bond motifs is 2. The van der Waals surface area contributed by atoms with E-state index in [-0.39, 0.29) is 6.09 Å². The molecule has 4 nitrogen and oxygen atoms in total. The van der Waals surface area contributed by atoms with Crippen molar-refractivity contribution in [2.24, 2.45) is 17.8 Å². The summed E-state index contributed by atoms with van der Waals surface area (Å²) in [4.78, 5) is 14.2. The molecule has 1 heterocycles. The van der Waals surface area contributed by atoms with Crippen molar-refractivity contribution in [3.8, 4) is 0 Å². The molecule has 1 amide bonds. The number of carbonyl (C=O) groups excluding carboxylic acids is 1. The van der Waals surface area contributed by atoms with Gasteiger partial charge in [-0.15, -0.1) is 0 Å². The van der Waals surface area contributed by atoms with E-state index in [4.69, 9.17) is 4.74 Å². The number of amides is 1. The van der Waals surface area contributed by atoms with Crippen LogP contribution in [0.5, 0.6) is 0 Å². The van der Waals surface area contributed by atoms with Gasteiger partial charge in [-0.05, 0) is 77.2 Å². The first kappa shape index (κ1) is 16.1. The Bertz CT molecular complexity index is 404. The van der Waals surface area contributed by atoms with Crippen molar-refractivity contribution in [2.75, 3.05) is 19.6 Å². The molecular weight excluding hydrogens is 276 g/mol. The summed E-state index contributed by atoms with van der Waals surface area (Å²) < 4.78 is 5.53. The van der Waals surface area contributed by atoms with Crippen LogP contribution in [-0.2, 0) is 4.74 Å². The van der Waals surface area contributed by atoms with Crippen molar-refractivity contribution in [1.82, 2.24) is 10.2 Å². The maximum Gasteiger partial charge on any atom is 0.410 e. The van der Waals surface area contributed by atoms with Crippen LogP contribution in [0.15, 0.2) is 0 Å². The maximum absolute atomic E-state index is 12.3. The molecule has 1 aliphatic heterocycles. The van der Waals surface area contributed by atoms with Gasteiger partial charge in [0.25, 0.3) is 0 Å². The van der Waals surface area contributed by atoms with E-state index < -0.39 is 5.60 Å². The molecule has 1 saturated heterocycles. The van der Waals surface area contributed by atoms with E-state index in [0.717, 1.165) is 50.2 Å². The summed E-state index contributed by atoms with van der Waals surface area (Å²) >= 11 is 0. The van der Waals surface area contributed by atoms with E-state index in [1.807, 2.05) is 25.7 Å². The van der Waals surface area contributed by atoms with Gasteiger partial charge >= 0.3 is 6.09 Å². The van der Waals surface area contributed by atoms with Crippen LogP contribution in [0.1, 0.15) is 59.3 Å². The van der Waals surface area contributed by atoms with Crippen LogP contribution in [0, 0.1) is 17.8 Å². The molecule has 3 fully saturated rings. The quantitative estimate of drug-likeness (QED) is 0.865. The third-order valence-electron chi connectivity index (χ3n) is 5.68. The smallest absolute Gasteiger partial charge is 0.410 e. The van der Waals surface area contributed by atoms with Gasteiger partial charge in [-0.25, -0.2) is 4.79 Å². The molecular formula is C18H32N2O2. The van der Waals surface area contributed by atoms with Crippen LogP contribution in [0.2, 0.25) is 0 Å². The van der Waals surface area contributed by atoms with Crippen molar-refractivity contribution in [2.45, 2.75) is 70.9 Å². The number of hydrogen-bond acceptors (Lipinski definition) is 3. The largest absolute Gasteiger partial charge is 0.444 e. The third-order valence-corrected chi connectivity index (χ3v) is 5.68. The minimum absolute atomic E-state index is 0.142. The Labute approximate surface area is 135 Å². The van der Waals surface area contributed by atoms with Gasteiger partial charge in [0.2, 0.25) is 0 Å². The predicted octanol–water partition coefficient (Wildman–Crippen LogP) is 3.41. The maximum atomic E-state index is 12.3. The number of rotatable bonds is 4. The van der Waals surface area contributed by atoms with Crippen LogP contribution < -0.4 is 5.32 Å². The molecule has 4 atom stereocenters. The zero-order valence-electron chi connectivity index (χ0n) is 14.4. The number of carbonyl (C=O) groups is 1. The first-order valence-electron chi connectivity index (χ1n) is 9.13. The summed E-state index contributed by atoms with van der Waals surface area (Å²) in [6.45, 7) is 8.71. The summed E-state index contributed by atoms with van der Waals surface area (Å²) in [6, 6.07) is 0.313. The Morgan fingerprint density at radius 1 is 1.18 bits per heavy atom. The Hall–Kier alpha value is -0.770. The zero-order valence-corrected chi connectivity index (χ0v) is 14.4. The van der Waals surface area contributed by atoms with Crippen molar-refractivity contribution >= 4 is 6.09 Å². The average molecular weight is 308 g/mol. The molecule has 4 heteroatoms. The lowest BCUT2D eigenvalue weighted by atomic mass is 9.89. The lowest BCUT2D eigenvalue weighted by molar-refractivity contribution is 0.0226. The van der Waals surface area contributed by atoms with Crippen LogP contribution in [0.4, 0.5) is 4.79 Å². The van der Waals surface area contributed by atoms with Crippen LogP contribution in [0.25, 0.3) is 0 Å². The first-order chi connectivity index (χ1) is 10.4. The Morgan fingerprint density at radius 2 is 2.00 bits per heavy atom. The molecule has 2 aliphatic carbocycles. The second kappa shape index (κ2) is 6.38. The summed E-state index contributed by atoms with van der Waals surface area (Å²) in [5, 5.41) is 3.65.